The number of carbonyl (C=O) groups is 1. The van der Waals surface area contributed by atoms with Gasteiger partial charge in [0.15, 0.2) is 5.13 Å². The Morgan fingerprint density at radius 2 is 1.73 bits per heavy atom. The molecule has 0 fully saturated rings. The highest BCUT2D eigenvalue weighted by Crippen LogP contribution is 2.34. The van der Waals surface area contributed by atoms with E-state index in [4.69, 9.17) is 16.6 Å². The molecule has 152 valence electrons. The number of aryl methyl sites for hydroxylation is 1. The van der Waals surface area contributed by atoms with E-state index in [0.717, 1.165) is 27.1 Å². The molecule has 4 aromatic rings. The summed E-state index contributed by atoms with van der Waals surface area (Å²) in [5.74, 6) is 0.800. The fourth-order valence-corrected chi connectivity index (χ4v) is 5.20. The van der Waals surface area contributed by atoms with Crippen molar-refractivity contribution in [3.8, 4) is 0 Å². The van der Waals surface area contributed by atoms with E-state index in [1.807, 2.05) is 67.6 Å². The Bertz CT molecular complexity index is 1150. The number of halogens is 1. The third-order valence-electron chi connectivity index (χ3n) is 4.78. The minimum atomic E-state index is 0.0742. The van der Waals surface area contributed by atoms with Gasteiger partial charge in [0.1, 0.15) is 0 Å². The molecular weight excluding hydrogens is 432 g/mol. The third kappa shape index (κ3) is 4.86. The van der Waals surface area contributed by atoms with Crippen LogP contribution in [0.5, 0.6) is 0 Å². The van der Waals surface area contributed by atoms with E-state index in [-0.39, 0.29) is 5.91 Å². The van der Waals surface area contributed by atoms with Gasteiger partial charge in [-0.25, -0.2) is 4.98 Å². The van der Waals surface area contributed by atoms with Crippen molar-refractivity contribution in [3.05, 3.63) is 88.9 Å². The maximum atomic E-state index is 13.2. The summed E-state index contributed by atoms with van der Waals surface area (Å²) in [4.78, 5) is 21.0. The summed E-state index contributed by atoms with van der Waals surface area (Å²) < 4.78 is 1.04. The van der Waals surface area contributed by atoms with Crippen LogP contribution >= 0.6 is 34.7 Å². The van der Waals surface area contributed by atoms with Gasteiger partial charge in [-0.15, -0.1) is 11.8 Å². The number of hydrogen-bond donors (Lipinski definition) is 0. The van der Waals surface area contributed by atoms with Gasteiger partial charge in [-0.1, -0.05) is 71.5 Å². The van der Waals surface area contributed by atoms with Gasteiger partial charge in [0.05, 0.1) is 16.8 Å². The monoisotopic (exact) mass is 452 g/mol. The molecule has 30 heavy (non-hydrogen) atoms. The van der Waals surface area contributed by atoms with Gasteiger partial charge in [-0.05, 0) is 42.3 Å². The topological polar surface area (TPSA) is 33.2 Å². The molecule has 1 aromatic heterocycles. The minimum absolute atomic E-state index is 0.0742. The minimum Gasteiger partial charge on any atom is -0.284 e. The number of fused-ring (bicyclic) bond motifs is 1. The maximum Gasteiger partial charge on any atom is 0.229 e. The van der Waals surface area contributed by atoms with Gasteiger partial charge in [-0.2, -0.15) is 0 Å². The number of aromatic nitrogens is 1. The number of anilines is 1. The van der Waals surface area contributed by atoms with Crippen molar-refractivity contribution in [2.24, 2.45) is 0 Å². The number of hydrogen-bond acceptors (Lipinski definition) is 4. The Labute approximate surface area is 189 Å². The standard InChI is InChI=1S/C24H21ClN2OS2/c1-17-20(25)12-13-21-23(17)26-24(30-21)27(16-18-8-4-2-5-9-18)22(28)14-15-29-19-10-6-3-7-11-19/h2-13H,14-16H2,1H3. The van der Waals surface area contributed by atoms with Crippen LogP contribution in [0.2, 0.25) is 5.02 Å². The molecule has 0 saturated carbocycles. The van der Waals surface area contributed by atoms with Crippen LogP contribution in [0, 0.1) is 6.92 Å². The van der Waals surface area contributed by atoms with Crippen LogP contribution in [0.15, 0.2) is 77.7 Å². The molecule has 1 heterocycles. The van der Waals surface area contributed by atoms with Gasteiger partial charge < -0.3 is 0 Å². The fraction of sp³-hybridized carbons (Fsp3) is 0.167. The number of carbonyl (C=O) groups excluding carboxylic acids is 1. The first-order valence-corrected chi connectivity index (χ1v) is 11.9. The van der Waals surface area contributed by atoms with Crippen molar-refractivity contribution in [1.82, 2.24) is 4.98 Å². The highest BCUT2D eigenvalue weighted by atomic mass is 35.5. The molecule has 1 amide bonds. The summed E-state index contributed by atoms with van der Waals surface area (Å²) >= 11 is 9.51. The summed E-state index contributed by atoms with van der Waals surface area (Å²) in [6.07, 6.45) is 0.446. The lowest BCUT2D eigenvalue weighted by Gasteiger charge is -2.20. The van der Waals surface area contributed by atoms with Crippen molar-refractivity contribution >= 4 is 56.0 Å². The van der Waals surface area contributed by atoms with E-state index in [1.54, 1.807) is 16.7 Å². The van der Waals surface area contributed by atoms with Crippen molar-refractivity contribution in [1.29, 1.82) is 0 Å². The SMILES string of the molecule is Cc1c(Cl)ccc2sc(N(Cc3ccccc3)C(=O)CCSc3ccccc3)nc12. The third-order valence-corrected chi connectivity index (χ3v) is 7.25. The predicted octanol–water partition coefficient (Wildman–Crippen LogP) is 6.97. The highest BCUT2D eigenvalue weighted by Gasteiger charge is 2.21. The van der Waals surface area contributed by atoms with Gasteiger partial charge >= 0.3 is 0 Å². The quantitative estimate of drug-likeness (QED) is 0.284. The van der Waals surface area contributed by atoms with Crippen molar-refractivity contribution < 1.29 is 4.79 Å². The Morgan fingerprint density at radius 1 is 1.03 bits per heavy atom. The van der Waals surface area contributed by atoms with Crippen molar-refractivity contribution in [2.75, 3.05) is 10.7 Å². The molecule has 0 spiro atoms. The second kappa shape index (κ2) is 9.65. The Morgan fingerprint density at radius 3 is 2.47 bits per heavy atom. The fourth-order valence-electron chi connectivity index (χ4n) is 3.14. The molecule has 3 nitrogen and oxygen atoms in total. The summed E-state index contributed by atoms with van der Waals surface area (Å²) in [5, 5.41) is 1.41. The van der Waals surface area contributed by atoms with E-state index in [1.165, 1.54) is 16.2 Å². The van der Waals surface area contributed by atoms with E-state index >= 15 is 0 Å². The van der Waals surface area contributed by atoms with Crippen LogP contribution in [0.1, 0.15) is 17.5 Å². The number of thioether (sulfide) groups is 1. The average Bonchev–Trinajstić information content (AvgIpc) is 3.21. The molecule has 0 radical (unpaired) electrons. The van der Waals surface area contributed by atoms with Crippen LogP contribution in [0.3, 0.4) is 0 Å². The first kappa shape index (κ1) is 20.9. The number of nitrogens with zero attached hydrogens (tertiary/aromatic N) is 2. The van der Waals surface area contributed by atoms with Crippen molar-refractivity contribution in [2.45, 2.75) is 24.8 Å². The predicted molar refractivity (Wildman–Crippen MR) is 129 cm³/mol. The molecule has 0 atom stereocenters. The van der Waals surface area contributed by atoms with Crippen LogP contribution in [0.4, 0.5) is 5.13 Å². The van der Waals surface area contributed by atoms with Gasteiger partial charge in [0, 0.05) is 22.1 Å². The molecule has 0 unspecified atom stereocenters. The van der Waals surface area contributed by atoms with Gasteiger partial charge in [-0.3, -0.25) is 9.69 Å². The van der Waals surface area contributed by atoms with E-state index < -0.39 is 0 Å². The lowest BCUT2D eigenvalue weighted by molar-refractivity contribution is -0.118. The zero-order valence-electron chi connectivity index (χ0n) is 16.5. The summed E-state index contributed by atoms with van der Waals surface area (Å²) in [5.41, 5.74) is 2.89. The molecule has 0 aliphatic rings. The summed E-state index contributed by atoms with van der Waals surface area (Å²) in [7, 11) is 0. The molecule has 4 rings (SSSR count). The van der Waals surface area contributed by atoms with E-state index in [2.05, 4.69) is 12.1 Å². The largest absolute Gasteiger partial charge is 0.284 e. The first-order chi connectivity index (χ1) is 14.6. The molecule has 0 saturated heterocycles. The number of amides is 1. The molecule has 3 aromatic carbocycles. The average molecular weight is 453 g/mol. The summed E-state index contributed by atoms with van der Waals surface area (Å²) in [6, 6.07) is 24.1. The zero-order valence-corrected chi connectivity index (χ0v) is 18.9. The normalized spacial score (nSPS) is 11.0. The Kier molecular flexibility index (Phi) is 6.72. The number of benzene rings is 3. The Balaban J connectivity index is 1.57. The van der Waals surface area contributed by atoms with Crippen LogP contribution in [-0.2, 0) is 11.3 Å². The van der Waals surface area contributed by atoms with E-state index in [9.17, 15) is 4.79 Å². The first-order valence-electron chi connectivity index (χ1n) is 9.69. The molecule has 6 heteroatoms. The van der Waals surface area contributed by atoms with Crippen molar-refractivity contribution in [3.63, 3.8) is 0 Å². The molecule has 0 aliphatic heterocycles. The van der Waals surface area contributed by atoms with Crippen LogP contribution in [0.25, 0.3) is 10.2 Å². The van der Waals surface area contributed by atoms with Gasteiger partial charge in [0.25, 0.3) is 0 Å². The molecule has 0 N–H and O–H groups in total. The second-order valence-corrected chi connectivity index (χ2v) is 9.48. The van der Waals surface area contributed by atoms with Gasteiger partial charge in [0.2, 0.25) is 5.91 Å². The molecular formula is C24H21ClN2OS2. The second-order valence-electron chi connectivity index (χ2n) is 6.89. The lowest BCUT2D eigenvalue weighted by Crippen LogP contribution is -2.30. The van der Waals surface area contributed by atoms with E-state index in [0.29, 0.717) is 23.1 Å². The maximum absolute atomic E-state index is 13.2. The molecule has 0 bridgehead atoms. The summed E-state index contributed by atoms with van der Waals surface area (Å²) in [6.45, 7) is 2.47. The Hall–Kier alpha value is -2.34. The zero-order chi connectivity index (χ0) is 20.9. The molecule has 0 aliphatic carbocycles. The number of rotatable bonds is 7. The number of thiazole rings is 1. The highest BCUT2D eigenvalue weighted by molar-refractivity contribution is 7.99. The van der Waals surface area contributed by atoms with Crippen LogP contribution in [-0.4, -0.2) is 16.6 Å². The smallest absolute Gasteiger partial charge is 0.229 e. The lowest BCUT2D eigenvalue weighted by atomic mass is 10.2. The van der Waals surface area contributed by atoms with Crippen LogP contribution < -0.4 is 4.90 Å².